The second kappa shape index (κ2) is 6.57. The third-order valence-electron chi connectivity index (χ3n) is 4.99. The minimum Gasteiger partial charge on any atom is -0.444 e. The van der Waals surface area contributed by atoms with Crippen LogP contribution in [-0.4, -0.2) is 6.73 Å². The monoisotopic (exact) mass is 354 g/mol. The molecular formula is C21H21FNO3+. The third-order valence-corrected chi connectivity index (χ3v) is 4.99. The van der Waals surface area contributed by atoms with E-state index in [4.69, 9.17) is 9.15 Å². The molecule has 2 aromatic carbocycles. The van der Waals surface area contributed by atoms with Gasteiger partial charge in [-0.25, -0.2) is 9.18 Å². The van der Waals surface area contributed by atoms with E-state index in [1.807, 2.05) is 26.0 Å². The summed E-state index contributed by atoms with van der Waals surface area (Å²) in [4.78, 5) is 13.1. The SMILES string of the molecule is CCc1cc(=O)oc2c(C)c3c(cc12)C[NH+](Cc1ccc(F)cc1)CO3. The summed E-state index contributed by atoms with van der Waals surface area (Å²) >= 11 is 0. The molecule has 4 nitrogen and oxygen atoms in total. The molecule has 4 rings (SSSR count). The lowest BCUT2D eigenvalue weighted by Crippen LogP contribution is -3.10. The highest BCUT2D eigenvalue weighted by Crippen LogP contribution is 2.33. The quantitative estimate of drug-likeness (QED) is 0.736. The van der Waals surface area contributed by atoms with Crippen LogP contribution in [0, 0.1) is 12.7 Å². The summed E-state index contributed by atoms with van der Waals surface area (Å²) < 4.78 is 24.6. The Labute approximate surface area is 150 Å². The van der Waals surface area contributed by atoms with E-state index in [1.165, 1.54) is 17.0 Å². The largest absolute Gasteiger partial charge is 0.444 e. The van der Waals surface area contributed by atoms with E-state index in [2.05, 4.69) is 6.07 Å². The summed E-state index contributed by atoms with van der Waals surface area (Å²) in [6.45, 7) is 6.07. The number of aryl methyl sites for hydroxylation is 2. The molecule has 0 spiro atoms. The molecular weight excluding hydrogens is 333 g/mol. The van der Waals surface area contributed by atoms with Crippen LogP contribution in [0.15, 0.2) is 45.6 Å². The number of quaternary nitrogens is 1. The van der Waals surface area contributed by atoms with Gasteiger partial charge in [-0.3, -0.25) is 4.90 Å². The fourth-order valence-electron chi connectivity index (χ4n) is 3.70. The van der Waals surface area contributed by atoms with Crippen molar-refractivity contribution in [2.24, 2.45) is 0 Å². The van der Waals surface area contributed by atoms with Crippen LogP contribution in [0.2, 0.25) is 0 Å². The highest BCUT2D eigenvalue weighted by Gasteiger charge is 2.25. The maximum Gasteiger partial charge on any atom is 0.336 e. The van der Waals surface area contributed by atoms with Crippen molar-refractivity contribution in [3.8, 4) is 5.75 Å². The van der Waals surface area contributed by atoms with Gasteiger partial charge in [-0.15, -0.1) is 0 Å². The van der Waals surface area contributed by atoms with Gasteiger partial charge < -0.3 is 9.15 Å². The molecule has 0 aliphatic carbocycles. The molecule has 0 fully saturated rings. The Bertz CT molecular complexity index is 1020. The Morgan fingerprint density at radius 1 is 1.19 bits per heavy atom. The fraction of sp³-hybridized carbons (Fsp3) is 0.286. The normalized spacial score (nSPS) is 16.3. The molecule has 1 atom stereocenters. The van der Waals surface area contributed by atoms with Crippen LogP contribution in [0.25, 0.3) is 11.0 Å². The van der Waals surface area contributed by atoms with Crippen molar-refractivity contribution in [2.75, 3.05) is 6.73 Å². The molecule has 3 aromatic rings. The second-order valence-electron chi connectivity index (χ2n) is 6.83. The molecule has 2 heterocycles. The van der Waals surface area contributed by atoms with Crippen molar-refractivity contribution in [1.82, 2.24) is 0 Å². The molecule has 1 aliphatic heterocycles. The van der Waals surface area contributed by atoms with E-state index in [0.717, 1.165) is 52.9 Å². The molecule has 1 aliphatic rings. The molecule has 1 N–H and O–H groups in total. The van der Waals surface area contributed by atoms with Crippen molar-refractivity contribution in [1.29, 1.82) is 0 Å². The van der Waals surface area contributed by atoms with Crippen LogP contribution in [-0.2, 0) is 19.5 Å². The average molecular weight is 354 g/mol. The first-order valence-corrected chi connectivity index (χ1v) is 8.85. The van der Waals surface area contributed by atoms with E-state index in [9.17, 15) is 9.18 Å². The molecule has 0 saturated heterocycles. The lowest BCUT2D eigenvalue weighted by Gasteiger charge is -2.27. The van der Waals surface area contributed by atoms with Crippen LogP contribution in [0.3, 0.4) is 0 Å². The third kappa shape index (κ3) is 2.99. The van der Waals surface area contributed by atoms with Crippen LogP contribution in [0.1, 0.15) is 29.2 Å². The zero-order valence-corrected chi connectivity index (χ0v) is 14.9. The fourth-order valence-corrected chi connectivity index (χ4v) is 3.70. The van der Waals surface area contributed by atoms with Gasteiger partial charge in [0, 0.05) is 28.1 Å². The topological polar surface area (TPSA) is 43.9 Å². The molecule has 134 valence electrons. The van der Waals surface area contributed by atoms with Gasteiger partial charge in [0.1, 0.15) is 30.2 Å². The molecule has 0 bridgehead atoms. The van der Waals surface area contributed by atoms with Crippen LogP contribution >= 0.6 is 0 Å². The van der Waals surface area contributed by atoms with Crippen molar-refractivity contribution in [2.45, 2.75) is 33.4 Å². The zero-order chi connectivity index (χ0) is 18.3. The van der Waals surface area contributed by atoms with Crippen LogP contribution in [0.5, 0.6) is 5.75 Å². The first-order chi connectivity index (χ1) is 12.5. The standard InChI is InChI=1S/C21H20FNO3/c1-3-15-9-19(24)26-21-13(2)20-16(8-18(15)21)11-23(12-25-20)10-14-4-6-17(22)7-5-14/h4-9H,3,10-12H2,1-2H3/p+1. The van der Waals surface area contributed by atoms with Crippen molar-refractivity contribution in [3.05, 3.63) is 74.9 Å². The number of nitrogens with one attached hydrogen (secondary N) is 1. The number of benzene rings is 2. The summed E-state index contributed by atoms with van der Waals surface area (Å²) in [5.74, 6) is 0.594. The molecule has 26 heavy (non-hydrogen) atoms. The maximum absolute atomic E-state index is 13.1. The van der Waals surface area contributed by atoms with Gasteiger partial charge in [0.05, 0.1) is 0 Å². The Hall–Kier alpha value is -2.66. The predicted molar refractivity (Wildman–Crippen MR) is 96.9 cm³/mol. The summed E-state index contributed by atoms with van der Waals surface area (Å²) in [5.41, 5.74) is 4.36. The van der Waals surface area contributed by atoms with Crippen LogP contribution in [0.4, 0.5) is 4.39 Å². The Kier molecular flexibility index (Phi) is 4.24. The number of fused-ring (bicyclic) bond motifs is 2. The summed E-state index contributed by atoms with van der Waals surface area (Å²) in [5, 5.41) is 0.981. The molecule has 1 unspecified atom stereocenters. The van der Waals surface area contributed by atoms with Gasteiger partial charge in [-0.1, -0.05) is 19.1 Å². The number of halogens is 1. The first kappa shape index (κ1) is 16.8. The predicted octanol–water partition coefficient (Wildman–Crippen LogP) is 2.74. The van der Waals surface area contributed by atoms with Gasteiger partial charge in [0.15, 0.2) is 0 Å². The first-order valence-electron chi connectivity index (χ1n) is 8.85. The Morgan fingerprint density at radius 3 is 2.69 bits per heavy atom. The minimum absolute atomic E-state index is 0.223. The van der Waals surface area contributed by atoms with Crippen molar-refractivity contribution >= 4 is 11.0 Å². The van der Waals surface area contributed by atoms with Gasteiger partial charge in [0.2, 0.25) is 6.73 Å². The highest BCUT2D eigenvalue weighted by molar-refractivity contribution is 5.86. The Morgan fingerprint density at radius 2 is 1.96 bits per heavy atom. The molecule has 0 amide bonds. The minimum atomic E-state index is -0.322. The lowest BCUT2D eigenvalue weighted by molar-refractivity contribution is -0.945. The van der Waals surface area contributed by atoms with E-state index < -0.39 is 0 Å². The summed E-state index contributed by atoms with van der Waals surface area (Å²) in [6, 6.07) is 10.3. The van der Waals surface area contributed by atoms with Gasteiger partial charge in [-0.05, 0) is 37.1 Å². The highest BCUT2D eigenvalue weighted by atomic mass is 19.1. The van der Waals surface area contributed by atoms with Crippen molar-refractivity contribution in [3.63, 3.8) is 0 Å². The summed E-state index contributed by atoms with van der Waals surface area (Å²) in [6.07, 6.45) is 0.771. The zero-order valence-electron chi connectivity index (χ0n) is 14.9. The lowest BCUT2D eigenvalue weighted by atomic mass is 9.99. The summed E-state index contributed by atoms with van der Waals surface area (Å²) in [7, 11) is 0. The number of ether oxygens (including phenoxy) is 1. The van der Waals surface area contributed by atoms with Gasteiger partial charge in [-0.2, -0.15) is 0 Å². The van der Waals surface area contributed by atoms with E-state index in [-0.39, 0.29) is 11.4 Å². The Balaban J connectivity index is 1.70. The number of rotatable bonds is 3. The van der Waals surface area contributed by atoms with Crippen LogP contribution < -0.4 is 15.3 Å². The smallest absolute Gasteiger partial charge is 0.336 e. The molecule has 5 heteroatoms. The molecule has 0 radical (unpaired) electrons. The number of hydrogen-bond acceptors (Lipinski definition) is 3. The molecule has 0 saturated carbocycles. The maximum atomic E-state index is 13.1. The van der Waals surface area contributed by atoms with Crippen molar-refractivity contribution < 1.29 is 18.4 Å². The van der Waals surface area contributed by atoms with E-state index in [1.54, 1.807) is 6.07 Å². The number of hydrogen-bond donors (Lipinski definition) is 1. The van der Waals surface area contributed by atoms with Gasteiger partial charge >= 0.3 is 5.63 Å². The second-order valence-corrected chi connectivity index (χ2v) is 6.83. The van der Waals surface area contributed by atoms with E-state index in [0.29, 0.717) is 12.3 Å². The van der Waals surface area contributed by atoms with Gasteiger partial charge in [0.25, 0.3) is 0 Å². The van der Waals surface area contributed by atoms with E-state index >= 15 is 0 Å². The molecule has 1 aromatic heterocycles. The average Bonchev–Trinajstić information content (AvgIpc) is 2.64.